The Morgan fingerprint density at radius 2 is 1.97 bits per heavy atom. The fraction of sp³-hybridized carbons (Fsp3) is 0.391. The van der Waals surface area contributed by atoms with Crippen molar-refractivity contribution >= 4 is 35.5 Å². The van der Waals surface area contributed by atoms with Gasteiger partial charge in [0.05, 0.1) is 27.1 Å². The van der Waals surface area contributed by atoms with Crippen LogP contribution in [-0.2, 0) is 25.6 Å². The van der Waals surface area contributed by atoms with E-state index in [0.29, 0.717) is 17.9 Å². The van der Waals surface area contributed by atoms with Crippen molar-refractivity contribution in [2.45, 2.75) is 23.9 Å². The first-order valence-electron chi connectivity index (χ1n) is 10.7. The average Bonchev–Trinajstić information content (AvgIpc) is 2.77. The molecule has 10 nitrogen and oxygen atoms in total. The highest BCUT2D eigenvalue weighted by molar-refractivity contribution is 8.00. The minimum atomic E-state index is -1.23. The normalized spacial score (nSPS) is 21.1. The standard InChI is InChI=1S/C23H28N4O6S/c1-27(2,16(12-28)20(24)30)10-6-9-15-13-34-22-18(21(31)26(22)19(15)23(32)33)25-17(29)11-14-7-4-3-5-8-14/h3-9,16,18,22,28H,10-13H2,1-2H3,(H3-,24,25,29,30,32,33)/p+1/b9-6+/t16-,18-,22-/m1/s1. The molecule has 1 fully saturated rings. The van der Waals surface area contributed by atoms with Gasteiger partial charge in [-0.05, 0) is 17.2 Å². The third-order valence-corrected chi connectivity index (χ3v) is 7.27. The number of nitrogens with zero attached hydrogens (tertiary/aromatic N) is 2. The third kappa shape index (κ3) is 5.32. The molecule has 2 aliphatic rings. The summed E-state index contributed by atoms with van der Waals surface area (Å²) >= 11 is 1.37. The molecule has 2 aliphatic heterocycles. The maximum atomic E-state index is 12.8. The van der Waals surface area contributed by atoms with Crippen LogP contribution in [0.4, 0.5) is 0 Å². The van der Waals surface area contributed by atoms with Crippen molar-refractivity contribution in [1.29, 1.82) is 0 Å². The van der Waals surface area contributed by atoms with E-state index in [2.05, 4.69) is 5.32 Å². The van der Waals surface area contributed by atoms with E-state index in [1.807, 2.05) is 30.3 Å². The summed E-state index contributed by atoms with van der Waals surface area (Å²) in [4.78, 5) is 49.9. The summed E-state index contributed by atoms with van der Waals surface area (Å²) in [7, 11) is 3.46. The van der Waals surface area contributed by atoms with Gasteiger partial charge in [-0.3, -0.25) is 19.3 Å². The van der Waals surface area contributed by atoms with Crippen molar-refractivity contribution < 1.29 is 33.9 Å². The summed E-state index contributed by atoms with van der Waals surface area (Å²) < 4.78 is 0.0892. The van der Waals surface area contributed by atoms with Crippen LogP contribution in [0.15, 0.2) is 53.8 Å². The Balaban J connectivity index is 1.70. The number of hydrogen-bond acceptors (Lipinski definition) is 6. The summed E-state index contributed by atoms with van der Waals surface area (Å²) in [6, 6.07) is 7.55. The molecule has 5 N–H and O–H groups in total. The van der Waals surface area contributed by atoms with E-state index in [9.17, 15) is 29.4 Å². The minimum absolute atomic E-state index is 0.0892. The molecule has 0 unspecified atom stereocenters. The summed E-state index contributed by atoms with van der Waals surface area (Å²) in [6.07, 6.45) is 3.45. The lowest BCUT2D eigenvalue weighted by molar-refractivity contribution is -0.900. The first-order chi connectivity index (χ1) is 16.1. The van der Waals surface area contributed by atoms with Crippen LogP contribution in [-0.4, -0.2) is 93.7 Å². The number of carboxylic acid groups (broad SMARTS) is 1. The van der Waals surface area contributed by atoms with Gasteiger partial charge in [0, 0.05) is 5.75 Å². The number of nitrogens with one attached hydrogen (secondary N) is 1. The number of quaternary nitrogens is 1. The van der Waals surface area contributed by atoms with Gasteiger partial charge in [0.2, 0.25) is 5.91 Å². The number of rotatable bonds is 10. The molecule has 182 valence electrons. The Bertz CT molecular complexity index is 1040. The van der Waals surface area contributed by atoms with Gasteiger partial charge in [0.25, 0.3) is 11.8 Å². The Kier molecular flexibility index (Phi) is 7.80. The number of primary amides is 1. The third-order valence-electron chi connectivity index (χ3n) is 5.96. The van der Waals surface area contributed by atoms with E-state index < -0.39 is 41.8 Å². The fourth-order valence-corrected chi connectivity index (χ4v) is 5.34. The number of nitrogens with two attached hydrogens (primary N) is 1. The van der Waals surface area contributed by atoms with E-state index in [-0.39, 0.29) is 22.5 Å². The van der Waals surface area contributed by atoms with Gasteiger partial charge in [-0.2, -0.15) is 0 Å². The molecule has 1 aromatic carbocycles. The van der Waals surface area contributed by atoms with E-state index in [1.54, 1.807) is 26.2 Å². The van der Waals surface area contributed by atoms with Crippen LogP contribution in [0.3, 0.4) is 0 Å². The van der Waals surface area contributed by atoms with E-state index in [4.69, 9.17) is 5.73 Å². The van der Waals surface area contributed by atoms with Crippen LogP contribution in [0, 0.1) is 0 Å². The molecule has 0 spiro atoms. The molecule has 3 rings (SSSR count). The number of likely N-dealkylation sites (N-methyl/N-ethyl adjacent to an activating group) is 1. The largest absolute Gasteiger partial charge is 0.477 e. The zero-order valence-corrected chi connectivity index (χ0v) is 19.8. The van der Waals surface area contributed by atoms with Gasteiger partial charge in [-0.1, -0.05) is 36.4 Å². The van der Waals surface area contributed by atoms with Gasteiger partial charge in [-0.15, -0.1) is 11.8 Å². The second-order valence-electron chi connectivity index (χ2n) is 8.76. The molecule has 0 saturated carbocycles. The molecule has 1 aromatic rings. The number of allylic oxidation sites excluding steroid dienone is 1. The van der Waals surface area contributed by atoms with Crippen molar-refractivity contribution in [2.24, 2.45) is 5.73 Å². The first-order valence-corrected chi connectivity index (χ1v) is 11.8. The van der Waals surface area contributed by atoms with Crippen molar-refractivity contribution in [3.8, 4) is 0 Å². The second-order valence-corrected chi connectivity index (χ2v) is 9.87. The number of β-lactam (4-membered cyclic amide) rings is 1. The number of thioether (sulfide) groups is 1. The molecule has 2 heterocycles. The number of aliphatic hydroxyl groups is 1. The van der Waals surface area contributed by atoms with Crippen molar-refractivity contribution in [1.82, 2.24) is 10.2 Å². The molecular formula is C23H29N4O6S+. The van der Waals surface area contributed by atoms with Crippen molar-refractivity contribution in [3.63, 3.8) is 0 Å². The van der Waals surface area contributed by atoms with E-state index >= 15 is 0 Å². The Morgan fingerprint density at radius 1 is 1.29 bits per heavy atom. The van der Waals surface area contributed by atoms with Crippen LogP contribution in [0.1, 0.15) is 5.56 Å². The van der Waals surface area contributed by atoms with E-state index in [1.165, 1.54) is 16.7 Å². The number of fused-ring (bicyclic) bond motifs is 1. The molecule has 0 radical (unpaired) electrons. The Hall–Kier alpha value is -3.15. The number of carbonyl (C=O) groups is 4. The number of amides is 3. The van der Waals surface area contributed by atoms with Gasteiger partial charge < -0.3 is 25.7 Å². The summed E-state index contributed by atoms with van der Waals surface area (Å²) in [5.74, 6) is -2.29. The highest BCUT2D eigenvalue weighted by Gasteiger charge is 2.53. The fourth-order valence-electron chi connectivity index (χ4n) is 4.03. The number of carbonyl (C=O) groups excluding carboxylic acids is 3. The lowest BCUT2D eigenvalue weighted by Crippen LogP contribution is -2.70. The van der Waals surface area contributed by atoms with Crippen LogP contribution in [0.25, 0.3) is 0 Å². The van der Waals surface area contributed by atoms with Crippen molar-refractivity contribution in [3.05, 3.63) is 59.3 Å². The number of aliphatic hydroxyl groups excluding tert-OH is 1. The molecule has 3 atom stereocenters. The maximum absolute atomic E-state index is 12.8. The summed E-state index contributed by atoms with van der Waals surface area (Å²) in [5.41, 5.74) is 6.51. The van der Waals surface area contributed by atoms with Gasteiger partial charge in [0.15, 0.2) is 6.04 Å². The van der Waals surface area contributed by atoms with Gasteiger partial charge in [0.1, 0.15) is 23.7 Å². The van der Waals surface area contributed by atoms with Crippen LogP contribution >= 0.6 is 11.8 Å². The van der Waals surface area contributed by atoms with Crippen LogP contribution < -0.4 is 11.1 Å². The van der Waals surface area contributed by atoms with Gasteiger partial charge in [-0.25, -0.2) is 4.79 Å². The molecule has 3 amide bonds. The monoisotopic (exact) mass is 489 g/mol. The molecule has 0 aliphatic carbocycles. The average molecular weight is 490 g/mol. The highest BCUT2D eigenvalue weighted by atomic mass is 32.2. The molecular weight excluding hydrogens is 460 g/mol. The number of aliphatic carboxylic acids is 1. The molecule has 34 heavy (non-hydrogen) atoms. The Morgan fingerprint density at radius 3 is 2.56 bits per heavy atom. The zero-order valence-electron chi connectivity index (χ0n) is 19.0. The highest BCUT2D eigenvalue weighted by Crippen LogP contribution is 2.40. The quantitative estimate of drug-likeness (QED) is 0.254. The smallest absolute Gasteiger partial charge is 0.352 e. The topological polar surface area (TPSA) is 150 Å². The van der Waals surface area contributed by atoms with Gasteiger partial charge >= 0.3 is 5.97 Å². The minimum Gasteiger partial charge on any atom is -0.477 e. The molecule has 1 saturated heterocycles. The SMILES string of the molecule is C[N+](C)(C/C=C/C1=C(C(=O)O)N2C(=O)[C@@H](NC(=O)Cc3ccccc3)[C@H]2SC1)[C@H](CO)C(N)=O. The predicted molar refractivity (Wildman–Crippen MR) is 126 cm³/mol. The van der Waals surface area contributed by atoms with E-state index in [0.717, 1.165) is 5.56 Å². The maximum Gasteiger partial charge on any atom is 0.352 e. The number of carboxylic acids is 1. The van der Waals surface area contributed by atoms with Crippen LogP contribution in [0.2, 0.25) is 0 Å². The summed E-state index contributed by atoms with van der Waals surface area (Å²) in [5, 5.41) is 21.5. The first kappa shape index (κ1) is 25.5. The summed E-state index contributed by atoms with van der Waals surface area (Å²) in [6.45, 7) is -0.0960. The molecule has 0 aromatic heterocycles. The second kappa shape index (κ2) is 10.4. The number of hydrogen-bond donors (Lipinski definition) is 4. The predicted octanol–water partition coefficient (Wildman–Crippen LogP) is -0.553. The molecule has 11 heteroatoms. The number of benzene rings is 1. The lowest BCUT2D eigenvalue weighted by Gasteiger charge is -2.49. The van der Waals surface area contributed by atoms with Crippen LogP contribution in [0.5, 0.6) is 0 Å². The molecule has 0 bridgehead atoms. The zero-order chi connectivity index (χ0) is 25.0. The lowest BCUT2D eigenvalue weighted by atomic mass is 10.0. The Labute approximate surface area is 201 Å². The van der Waals surface area contributed by atoms with Crippen molar-refractivity contribution in [2.75, 3.05) is 33.0 Å².